The Morgan fingerprint density at radius 3 is 2.05 bits per heavy atom. The number of carbonyl (C=O) groups is 1. The molecule has 5 rings (SSSR count). The van der Waals surface area contributed by atoms with Gasteiger partial charge in [-0.15, -0.1) is 10.2 Å². The summed E-state index contributed by atoms with van der Waals surface area (Å²) in [5.74, 6) is 0.486. The van der Waals surface area contributed by atoms with Crippen molar-refractivity contribution in [2.75, 3.05) is 5.75 Å². The van der Waals surface area contributed by atoms with E-state index in [0.717, 1.165) is 27.9 Å². The number of aromatic nitrogens is 3. The molecule has 1 heterocycles. The zero-order valence-corrected chi connectivity index (χ0v) is 23.2. The van der Waals surface area contributed by atoms with E-state index in [4.69, 9.17) is 23.2 Å². The van der Waals surface area contributed by atoms with Gasteiger partial charge in [0.05, 0.1) is 11.5 Å². The second-order valence-corrected chi connectivity index (χ2v) is 10.4. The van der Waals surface area contributed by atoms with Crippen LogP contribution in [0.2, 0.25) is 10.0 Å². The van der Waals surface area contributed by atoms with Gasteiger partial charge in [0.25, 0.3) is 5.91 Å². The van der Waals surface area contributed by atoms with Gasteiger partial charge in [-0.1, -0.05) is 89.6 Å². The zero-order chi connectivity index (χ0) is 27.2. The van der Waals surface area contributed by atoms with Gasteiger partial charge in [0, 0.05) is 21.3 Å². The number of hydrazone groups is 1. The number of thioether (sulfide) groups is 1. The number of halogens is 2. The molecule has 0 aliphatic heterocycles. The van der Waals surface area contributed by atoms with E-state index in [1.165, 1.54) is 11.8 Å². The monoisotopic (exact) mass is 571 g/mol. The molecule has 194 valence electrons. The normalized spacial score (nSPS) is 11.4. The number of benzene rings is 4. The van der Waals surface area contributed by atoms with Crippen molar-refractivity contribution < 1.29 is 4.79 Å². The molecule has 0 unspecified atom stereocenters. The molecular formula is C30H23Cl2N5OS. The number of rotatable bonds is 8. The second-order valence-electron chi connectivity index (χ2n) is 8.59. The lowest BCUT2D eigenvalue weighted by atomic mass is 10.0. The molecule has 39 heavy (non-hydrogen) atoms. The summed E-state index contributed by atoms with van der Waals surface area (Å²) in [6.45, 7) is 1.86. The third-order valence-electron chi connectivity index (χ3n) is 5.91. The highest BCUT2D eigenvalue weighted by atomic mass is 35.5. The summed E-state index contributed by atoms with van der Waals surface area (Å²) in [5.41, 5.74) is 8.22. The van der Waals surface area contributed by atoms with Gasteiger partial charge in [0.1, 0.15) is 0 Å². The third-order valence-corrected chi connectivity index (χ3v) is 7.34. The van der Waals surface area contributed by atoms with E-state index in [2.05, 4.69) is 32.9 Å². The van der Waals surface area contributed by atoms with Crippen LogP contribution in [-0.4, -0.2) is 32.1 Å². The van der Waals surface area contributed by atoms with Gasteiger partial charge in [-0.3, -0.25) is 9.36 Å². The molecule has 1 aromatic heterocycles. The third kappa shape index (κ3) is 6.57. The number of nitrogens with one attached hydrogen (secondary N) is 1. The van der Waals surface area contributed by atoms with Crippen molar-refractivity contribution in [2.24, 2.45) is 5.10 Å². The predicted molar refractivity (Wildman–Crippen MR) is 160 cm³/mol. The molecule has 5 aromatic rings. The van der Waals surface area contributed by atoms with E-state index in [1.807, 2.05) is 78.2 Å². The lowest BCUT2D eigenvalue weighted by molar-refractivity contribution is -0.118. The van der Waals surface area contributed by atoms with Gasteiger partial charge in [0.15, 0.2) is 11.0 Å². The smallest absolute Gasteiger partial charge is 0.250 e. The maximum Gasteiger partial charge on any atom is 0.250 e. The maximum atomic E-state index is 12.7. The van der Waals surface area contributed by atoms with Gasteiger partial charge in [-0.25, -0.2) is 5.43 Å². The maximum absolute atomic E-state index is 12.7. The standard InChI is InChI=1S/C30H23Cl2N5OS/c1-20(21-7-9-23(10-8-21)22-5-3-2-4-6-22)33-34-28(38)19-39-30-36-35-29(24-11-13-25(31)14-12-24)37(30)27-17-15-26(32)16-18-27/h2-18H,19H2,1H3,(H,34,38)/b33-20+. The first-order valence-corrected chi connectivity index (χ1v) is 13.8. The minimum absolute atomic E-state index is 0.107. The summed E-state index contributed by atoms with van der Waals surface area (Å²) in [6, 6.07) is 33.0. The van der Waals surface area contributed by atoms with E-state index in [-0.39, 0.29) is 11.7 Å². The summed E-state index contributed by atoms with van der Waals surface area (Å²) in [5, 5.41) is 14.9. The Hall–Kier alpha value is -3.91. The molecular weight excluding hydrogens is 549 g/mol. The van der Waals surface area contributed by atoms with Crippen LogP contribution in [0.5, 0.6) is 0 Å². The molecule has 9 heteroatoms. The van der Waals surface area contributed by atoms with E-state index in [0.29, 0.717) is 26.7 Å². The van der Waals surface area contributed by atoms with Crippen LogP contribution in [0, 0.1) is 0 Å². The zero-order valence-electron chi connectivity index (χ0n) is 20.9. The van der Waals surface area contributed by atoms with Gasteiger partial charge in [0.2, 0.25) is 0 Å². The number of carbonyl (C=O) groups excluding carboxylic acids is 1. The molecule has 1 amide bonds. The number of amides is 1. The molecule has 0 saturated heterocycles. The van der Waals surface area contributed by atoms with Crippen LogP contribution in [0.25, 0.3) is 28.2 Å². The Morgan fingerprint density at radius 2 is 1.38 bits per heavy atom. The van der Waals surface area contributed by atoms with Crippen LogP contribution in [0.15, 0.2) is 113 Å². The van der Waals surface area contributed by atoms with Crippen LogP contribution in [0.4, 0.5) is 0 Å². The Labute approximate surface area is 240 Å². The van der Waals surface area contributed by atoms with Crippen molar-refractivity contribution in [3.05, 3.63) is 119 Å². The molecule has 0 radical (unpaired) electrons. The molecule has 6 nitrogen and oxygen atoms in total. The quantitative estimate of drug-likeness (QED) is 0.118. The van der Waals surface area contributed by atoms with E-state index < -0.39 is 0 Å². The van der Waals surface area contributed by atoms with Crippen LogP contribution < -0.4 is 5.43 Å². The van der Waals surface area contributed by atoms with Crippen molar-refractivity contribution in [3.8, 4) is 28.2 Å². The SMILES string of the molecule is C/C(=N\NC(=O)CSc1nnc(-c2ccc(Cl)cc2)n1-c1ccc(Cl)cc1)c1ccc(-c2ccccc2)cc1. The first kappa shape index (κ1) is 26.7. The Bertz CT molecular complexity index is 1600. The fraction of sp³-hybridized carbons (Fsp3) is 0.0667. The lowest BCUT2D eigenvalue weighted by Crippen LogP contribution is -2.21. The Balaban J connectivity index is 1.28. The molecule has 0 atom stereocenters. The fourth-order valence-electron chi connectivity index (χ4n) is 3.88. The largest absolute Gasteiger partial charge is 0.272 e. The van der Waals surface area contributed by atoms with Gasteiger partial charge < -0.3 is 0 Å². The topological polar surface area (TPSA) is 72.2 Å². The average Bonchev–Trinajstić information content (AvgIpc) is 3.40. The average molecular weight is 573 g/mol. The molecule has 0 aliphatic rings. The molecule has 1 N–H and O–H groups in total. The Kier molecular flexibility index (Phi) is 8.42. The molecule has 4 aromatic carbocycles. The van der Waals surface area contributed by atoms with Gasteiger partial charge in [-0.2, -0.15) is 5.10 Å². The number of hydrogen-bond acceptors (Lipinski definition) is 5. The summed E-state index contributed by atoms with van der Waals surface area (Å²) in [7, 11) is 0. The highest BCUT2D eigenvalue weighted by Gasteiger charge is 2.17. The molecule has 0 aliphatic carbocycles. The predicted octanol–water partition coefficient (Wildman–Crippen LogP) is 7.54. The van der Waals surface area contributed by atoms with Crippen molar-refractivity contribution in [1.82, 2.24) is 20.2 Å². The second kappa shape index (κ2) is 12.3. The summed E-state index contributed by atoms with van der Waals surface area (Å²) in [6.07, 6.45) is 0. The van der Waals surface area contributed by atoms with E-state index in [1.54, 1.807) is 24.3 Å². The summed E-state index contributed by atoms with van der Waals surface area (Å²) >= 11 is 13.4. The van der Waals surface area contributed by atoms with Crippen molar-refractivity contribution in [3.63, 3.8) is 0 Å². The minimum atomic E-state index is -0.251. The van der Waals surface area contributed by atoms with E-state index in [9.17, 15) is 4.79 Å². The number of hydrogen-bond donors (Lipinski definition) is 1. The fourth-order valence-corrected chi connectivity index (χ4v) is 4.88. The summed E-state index contributed by atoms with van der Waals surface area (Å²) < 4.78 is 1.89. The highest BCUT2D eigenvalue weighted by molar-refractivity contribution is 7.99. The van der Waals surface area contributed by atoms with Crippen molar-refractivity contribution in [1.29, 1.82) is 0 Å². The lowest BCUT2D eigenvalue weighted by Gasteiger charge is -2.10. The first-order chi connectivity index (χ1) is 19.0. The minimum Gasteiger partial charge on any atom is -0.272 e. The van der Waals surface area contributed by atoms with E-state index >= 15 is 0 Å². The molecule has 0 spiro atoms. The van der Waals surface area contributed by atoms with Crippen LogP contribution in [-0.2, 0) is 4.79 Å². The Morgan fingerprint density at radius 1 is 0.795 bits per heavy atom. The van der Waals surface area contributed by atoms with Gasteiger partial charge in [-0.05, 0) is 72.1 Å². The summed E-state index contributed by atoms with van der Waals surface area (Å²) in [4.78, 5) is 12.7. The van der Waals surface area contributed by atoms with Crippen LogP contribution in [0.1, 0.15) is 12.5 Å². The van der Waals surface area contributed by atoms with Crippen molar-refractivity contribution >= 4 is 46.6 Å². The molecule has 0 bridgehead atoms. The molecule has 0 saturated carbocycles. The van der Waals surface area contributed by atoms with Gasteiger partial charge >= 0.3 is 0 Å². The van der Waals surface area contributed by atoms with Crippen LogP contribution in [0.3, 0.4) is 0 Å². The van der Waals surface area contributed by atoms with Crippen LogP contribution >= 0.6 is 35.0 Å². The highest BCUT2D eigenvalue weighted by Crippen LogP contribution is 2.29. The molecule has 0 fully saturated rings. The number of nitrogens with zero attached hydrogens (tertiary/aromatic N) is 4. The van der Waals surface area contributed by atoms with Crippen molar-refractivity contribution in [2.45, 2.75) is 12.1 Å². The first-order valence-electron chi connectivity index (χ1n) is 12.1.